The first-order valence-corrected chi connectivity index (χ1v) is 11.3. The number of likely N-dealkylation sites (N-methyl/N-ethyl adjacent to an activating group) is 1. The van der Waals surface area contributed by atoms with Gasteiger partial charge in [-0.05, 0) is 42.3 Å². The quantitative estimate of drug-likeness (QED) is 0.541. The Morgan fingerprint density at radius 1 is 1.11 bits per heavy atom. The lowest BCUT2D eigenvalue weighted by Crippen LogP contribution is -2.47. The fourth-order valence-electron chi connectivity index (χ4n) is 2.55. The monoisotopic (exact) mass is 502 g/mol. The van der Waals surface area contributed by atoms with Gasteiger partial charge in [-0.1, -0.05) is 57.3 Å². The maximum Gasteiger partial charge on any atom is 0.242 e. The summed E-state index contributed by atoms with van der Waals surface area (Å²) >= 11 is 16.8. The van der Waals surface area contributed by atoms with Crippen LogP contribution in [-0.2, 0) is 21.9 Å². The second-order valence-corrected chi connectivity index (χ2v) is 8.90. The summed E-state index contributed by atoms with van der Waals surface area (Å²) in [4.78, 5) is 26.6. The Labute approximate surface area is 188 Å². The summed E-state index contributed by atoms with van der Waals surface area (Å²) in [5.74, 6) is 0.602. The first kappa shape index (κ1) is 23.1. The van der Waals surface area contributed by atoms with Crippen LogP contribution in [0, 0.1) is 0 Å². The molecule has 0 aliphatic rings. The molecule has 2 rings (SSSR count). The third kappa shape index (κ3) is 6.69. The normalized spacial score (nSPS) is 11.8. The van der Waals surface area contributed by atoms with Crippen molar-refractivity contribution in [3.8, 4) is 0 Å². The molecule has 0 unspecified atom stereocenters. The predicted octanol–water partition coefficient (Wildman–Crippen LogP) is 5.15. The van der Waals surface area contributed by atoms with Crippen LogP contribution >= 0.6 is 50.9 Å². The zero-order valence-corrected chi connectivity index (χ0v) is 19.5. The molecule has 1 N–H and O–H groups in total. The van der Waals surface area contributed by atoms with Crippen molar-refractivity contribution in [2.75, 3.05) is 12.8 Å². The second-order valence-electron chi connectivity index (χ2n) is 6.18. The van der Waals surface area contributed by atoms with Gasteiger partial charge in [-0.3, -0.25) is 9.59 Å². The van der Waals surface area contributed by atoms with E-state index in [0.29, 0.717) is 22.3 Å². The molecule has 2 aromatic carbocycles. The standard InChI is InChI=1S/C20H21BrCl2N2O2S/c1-13(20(27)24-2)25(10-14-3-6-16(21)7-4-14)19(26)12-28-11-15-5-8-17(22)18(23)9-15/h3-9,13H,10-12H2,1-2H3,(H,24,27)/t13-/m1/s1. The number of rotatable bonds is 8. The van der Waals surface area contributed by atoms with Gasteiger partial charge in [-0.2, -0.15) is 0 Å². The maximum absolute atomic E-state index is 12.9. The highest BCUT2D eigenvalue weighted by atomic mass is 79.9. The van der Waals surface area contributed by atoms with E-state index in [-0.39, 0.29) is 17.6 Å². The lowest BCUT2D eigenvalue weighted by molar-refractivity contribution is -0.138. The molecule has 4 nitrogen and oxygen atoms in total. The number of nitrogens with one attached hydrogen (secondary N) is 1. The minimum atomic E-state index is -0.563. The maximum atomic E-state index is 12.9. The molecule has 0 aromatic heterocycles. The van der Waals surface area contributed by atoms with Gasteiger partial charge in [0.05, 0.1) is 15.8 Å². The van der Waals surface area contributed by atoms with E-state index in [2.05, 4.69) is 21.2 Å². The van der Waals surface area contributed by atoms with E-state index in [4.69, 9.17) is 23.2 Å². The SMILES string of the molecule is CNC(=O)[C@@H](C)N(Cc1ccc(Br)cc1)C(=O)CSCc1ccc(Cl)c(Cl)c1. The molecule has 2 aromatic rings. The molecular weight excluding hydrogens is 483 g/mol. The molecule has 0 bridgehead atoms. The van der Waals surface area contributed by atoms with Gasteiger partial charge >= 0.3 is 0 Å². The number of hydrogen-bond acceptors (Lipinski definition) is 3. The summed E-state index contributed by atoms with van der Waals surface area (Å²) in [5, 5.41) is 3.62. The summed E-state index contributed by atoms with van der Waals surface area (Å²) in [6.45, 7) is 2.10. The van der Waals surface area contributed by atoms with Crippen molar-refractivity contribution in [2.45, 2.75) is 25.3 Å². The minimum Gasteiger partial charge on any atom is -0.357 e. The Kier molecular flexibility index (Phi) is 9.15. The van der Waals surface area contributed by atoms with Gasteiger partial charge in [-0.25, -0.2) is 0 Å². The van der Waals surface area contributed by atoms with Crippen molar-refractivity contribution in [3.05, 3.63) is 68.1 Å². The average molecular weight is 504 g/mol. The van der Waals surface area contributed by atoms with Crippen molar-refractivity contribution in [2.24, 2.45) is 0 Å². The Bertz CT molecular complexity index is 833. The molecule has 1 atom stereocenters. The largest absolute Gasteiger partial charge is 0.357 e. The van der Waals surface area contributed by atoms with Crippen LogP contribution in [-0.4, -0.2) is 35.6 Å². The summed E-state index contributed by atoms with van der Waals surface area (Å²) in [6.07, 6.45) is 0. The number of nitrogens with zero attached hydrogens (tertiary/aromatic N) is 1. The van der Waals surface area contributed by atoms with Crippen LogP contribution in [0.1, 0.15) is 18.1 Å². The van der Waals surface area contributed by atoms with Crippen LogP contribution in [0.4, 0.5) is 0 Å². The summed E-state index contributed by atoms with van der Waals surface area (Å²) < 4.78 is 0.964. The van der Waals surface area contributed by atoms with E-state index in [9.17, 15) is 9.59 Å². The van der Waals surface area contributed by atoms with Crippen LogP contribution in [0.15, 0.2) is 46.9 Å². The molecule has 150 valence electrons. The highest BCUT2D eigenvalue weighted by molar-refractivity contribution is 9.10. The van der Waals surface area contributed by atoms with Crippen molar-refractivity contribution >= 4 is 62.7 Å². The molecule has 28 heavy (non-hydrogen) atoms. The van der Waals surface area contributed by atoms with Crippen molar-refractivity contribution in [3.63, 3.8) is 0 Å². The van der Waals surface area contributed by atoms with E-state index < -0.39 is 6.04 Å². The van der Waals surface area contributed by atoms with Gasteiger partial charge < -0.3 is 10.2 Å². The topological polar surface area (TPSA) is 49.4 Å². The molecule has 0 saturated heterocycles. The highest BCUT2D eigenvalue weighted by Crippen LogP contribution is 2.25. The number of carbonyl (C=O) groups excluding carboxylic acids is 2. The predicted molar refractivity (Wildman–Crippen MR) is 121 cm³/mol. The van der Waals surface area contributed by atoms with E-state index >= 15 is 0 Å². The number of carbonyl (C=O) groups is 2. The van der Waals surface area contributed by atoms with Crippen LogP contribution in [0.25, 0.3) is 0 Å². The van der Waals surface area contributed by atoms with Gasteiger partial charge in [0.25, 0.3) is 0 Å². The van der Waals surface area contributed by atoms with E-state index in [0.717, 1.165) is 15.6 Å². The molecule has 0 aliphatic heterocycles. The van der Waals surface area contributed by atoms with Crippen LogP contribution in [0.5, 0.6) is 0 Å². The number of benzene rings is 2. The molecule has 0 aliphatic carbocycles. The fourth-order valence-corrected chi connectivity index (χ4v) is 3.99. The number of amides is 2. The lowest BCUT2D eigenvalue weighted by Gasteiger charge is -2.28. The molecule has 0 fully saturated rings. The molecule has 0 radical (unpaired) electrons. The second kappa shape index (κ2) is 11.1. The number of thioether (sulfide) groups is 1. The number of halogens is 3. The van der Waals surface area contributed by atoms with E-state index in [1.807, 2.05) is 30.3 Å². The van der Waals surface area contributed by atoms with Crippen molar-refractivity contribution in [1.29, 1.82) is 0 Å². The smallest absolute Gasteiger partial charge is 0.242 e. The van der Waals surface area contributed by atoms with Crippen molar-refractivity contribution in [1.82, 2.24) is 10.2 Å². The average Bonchev–Trinajstić information content (AvgIpc) is 2.69. The summed E-state index contributed by atoms with van der Waals surface area (Å²) in [6, 6.07) is 12.6. The molecule has 0 spiro atoms. The number of hydrogen-bond donors (Lipinski definition) is 1. The zero-order valence-electron chi connectivity index (χ0n) is 15.5. The molecule has 2 amide bonds. The van der Waals surface area contributed by atoms with Crippen LogP contribution < -0.4 is 5.32 Å². The molecular formula is C20H21BrCl2N2O2S. The highest BCUT2D eigenvalue weighted by Gasteiger charge is 2.25. The Morgan fingerprint density at radius 2 is 1.75 bits per heavy atom. The third-order valence-corrected chi connectivity index (χ3v) is 6.41. The van der Waals surface area contributed by atoms with Gasteiger partial charge in [0.1, 0.15) is 6.04 Å². The van der Waals surface area contributed by atoms with Crippen LogP contribution in [0.2, 0.25) is 10.0 Å². The van der Waals surface area contributed by atoms with Gasteiger partial charge in [-0.15, -0.1) is 11.8 Å². The van der Waals surface area contributed by atoms with Gasteiger partial charge in [0.2, 0.25) is 11.8 Å². The summed E-state index contributed by atoms with van der Waals surface area (Å²) in [7, 11) is 1.57. The van der Waals surface area contributed by atoms with Gasteiger partial charge in [0, 0.05) is 23.8 Å². The first-order valence-electron chi connectivity index (χ1n) is 8.59. The first-order chi connectivity index (χ1) is 13.3. The van der Waals surface area contributed by atoms with Gasteiger partial charge in [0.15, 0.2) is 0 Å². The minimum absolute atomic E-state index is 0.0934. The molecule has 0 saturated carbocycles. The Balaban J connectivity index is 2.03. The van der Waals surface area contributed by atoms with Crippen molar-refractivity contribution < 1.29 is 9.59 Å². The zero-order chi connectivity index (χ0) is 20.7. The van der Waals surface area contributed by atoms with Crippen LogP contribution in [0.3, 0.4) is 0 Å². The molecule has 0 heterocycles. The summed E-state index contributed by atoms with van der Waals surface area (Å²) in [5.41, 5.74) is 1.95. The molecule has 8 heteroatoms. The fraction of sp³-hybridized carbons (Fsp3) is 0.300. The van der Waals surface area contributed by atoms with E-state index in [1.54, 1.807) is 31.0 Å². The third-order valence-electron chi connectivity index (χ3n) is 4.16. The lowest BCUT2D eigenvalue weighted by atomic mass is 10.1. The Hall–Kier alpha value is -1.21. The van der Waals surface area contributed by atoms with E-state index in [1.165, 1.54) is 11.8 Å². The Morgan fingerprint density at radius 3 is 2.36 bits per heavy atom.